The molecule has 1 amide bonds. The molecule has 0 aliphatic carbocycles. The van der Waals surface area contributed by atoms with E-state index >= 15 is 0 Å². The van der Waals surface area contributed by atoms with Crippen molar-refractivity contribution >= 4 is 39.4 Å². The number of Topliss-reactive ketones (excluding diaryl/α,β-unsaturated/α-hetero) is 2. The van der Waals surface area contributed by atoms with Gasteiger partial charge in [-0.05, 0) is 48.0 Å². The van der Waals surface area contributed by atoms with Crippen molar-refractivity contribution in [2.45, 2.75) is 31.1 Å². The Labute approximate surface area is 237 Å². The molecule has 6 nitrogen and oxygen atoms in total. The lowest BCUT2D eigenvalue weighted by Gasteiger charge is -2.19. The van der Waals surface area contributed by atoms with Gasteiger partial charge in [-0.3, -0.25) is 19.2 Å². The van der Waals surface area contributed by atoms with Gasteiger partial charge in [0.05, 0.1) is 23.5 Å². The lowest BCUT2D eigenvalue weighted by Crippen LogP contribution is -2.26. The maximum atomic E-state index is 13.5. The van der Waals surface area contributed by atoms with Gasteiger partial charge in [0, 0.05) is 34.1 Å². The average molecular weight is 644 g/mol. The summed E-state index contributed by atoms with van der Waals surface area (Å²) in [5.41, 5.74) is -3.99. The first-order valence-electron chi connectivity index (χ1n) is 11.8. The van der Waals surface area contributed by atoms with Crippen LogP contribution in [0, 0.1) is 0 Å². The summed E-state index contributed by atoms with van der Waals surface area (Å²) in [6.07, 6.45) is -11.3. The summed E-state index contributed by atoms with van der Waals surface area (Å²) in [5.74, 6) is -5.06. The van der Waals surface area contributed by atoms with Crippen molar-refractivity contribution in [3.8, 4) is 0 Å². The standard InChI is InChI=1S/C28H20BrF6NO5/c29-21-7-5-16(6-8-21)23(37)14-22(15-1-3-17(4-2-15)26(41)36-10-9-24(38)39)25(40)18-11-19(27(30,31)32)13-20(12-18)28(33,34)35/h1-8,11-13,22H,9-10,14H2,(H,36,41)(H,38,39). The molecule has 1 atom stereocenters. The van der Waals surface area contributed by atoms with Crippen LogP contribution in [0.3, 0.4) is 0 Å². The largest absolute Gasteiger partial charge is 0.481 e. The highest BCUT2D eigenvalue weighted by molar-refractivity contribution is 9.10. The Balaban J connectivity index is 2.03. The number of alkyl halides is 6. The van der Waals surface area contributed by atoms with E-state index in [4.69, 9.17) is 5.11 Å². The molecular formula is C28H20BrF6NO5. The molecule has 2 N–H and O–H groups in total. The van der Waals surface area contributed by atoms with Crippen LogP contribution in [-0.2, 0) is 17.1 Å². The molecule has 0 fully saturated rings. The third kappa shape index (κ3) is 8.49. The van der Waals surface area contributed by atoms with Crippen molar-refractivity contribution in [2.24, 2.45) is 0 Å². The summed E-state index contributed by atoms with van der Waals surface area (Å²) in [4.78, 5) is 49.5. The Morgan fingerprint density at radius 1 is 0.756 bits per heavy atom. The number of amides is 1. The number of carbonyl (C=O) groups is 4. The minimum atomic E-state index is -5.19. The van der Waals surface area contributed by atoms with E-state index in [2.05, 4.69) is 21.2 Å². The molecule has 0 aromatic heterocycles. The lowest BCUT2D eigenvalue weighted by atomic mass is 9.84. The average Bonchev–Trinajstić information content (AvgIpc) is 2.90. The van der Waals surface area contributed by atoms with E-state index in [-0.39, 0.29) is 35.7 Å². The molecule has 13 heteroatoms. The van der Waals surface area contributed by atoms with Crippen molar-refractivity contribution < 1.29 is 50.6 Å². The summed E-state index contributed by atoms with van der Waals surface area (Å²) in [6, 6.07) is 11.5. The highest BCUT2D eigenvalue weighted by atomic mass is 79.9. The van der Waals surface area contributed by atoms with E-state index in [9.17, 15) is 45.5 Å². The van der Waals surface area contributed by atoms with Crippen LogP contribution < -0.4 is 5.32 Å². The number of halogens is 7. The monoisotopic (exact) mass is 643 g/mol. The molecule has 0 radical (unpaired) electrons. The van der Waals surface area contributed by atoms with Crippen molar-refractivity contribution in [1.82, 2.24) is 5.32 Å². The van der Waals surface area contributed by atoms with Crippen molar-refractivity contribution in [2.75, 3.05) is 6.54 Å². The molecule has 0 saturated carbocycles. The van der Waals surface area contributed by atoms with Gasteiger partial charge in [0.15, 0.2) is 11.6 Å². The number of aliphatic carboxylic acids is 1. The quantitative estimate of drug-likeness (QED) is 0.184. The molecule has 0 aliphatic rings. The number of rotatable bonds is 10. The van der Waals surface area contributed by atoms with Crippen molar-refractivity contribution in [1.29, 1.82) is 0 Å². The van der Waals surface area contributed by atoms with Crippen molar-refractivity contribution in [3.63, 3.8) is 0 Å². The first-order chi connectivity index (χ1) is 19.1. The first kappa shape index (κ1) is 31.5. The second-order valence-corrected chi connectivity index (χ2v) is 9.78. The number of carbonyl (C=O) groups excluding carboxylic acids is 3. The van der Waals surface area contributed by atoms with Crippen LogP contribution in [0.15, 0.2) is 71.2 Å². The van der Waals surface area contributed by atoms with Gasteiger partial charge in [-0.2, -0.15) is 26.3 Å². The summed E-state index contributed by atoms with van der Waals surface area (Å²) in [6.45, 7) is -0.171. The summed E-state index contributed by atoms with van der Waals surface area (Å²) < 4.78 is 81.2. The van der Waals surface area contributed by atoms with Gasteiger partial charge < -0.3 is 10.4 Å². The molecule has 0 aliphatic heterocycles. The molecule has 3 aromatic carbocycles. The van der Waals surface area contributed by atoms with Crippen LogP contribution in [-0.4, -0.2) is 35.1 Å². The van der Waals surface area contributed by atoms with Gasteiger partial charge >= 0.3 is 18.3 Å². The van der Waals surface area contributed by atoms with Crippen LogP contribution in [0.1, 0.15) is 66.5 Å². The summed E-state index contributed by atoms with van der Waals surface area (Å²) in [7, 11) is 0. The van der Waals surface area contributed by atoms with E-state index in [1.54, 1.807) is 12.1 Å². The van der Waals surface area contributed by atoms with Crippen LogP contribution in [0.2, 0.25) is 0 Å². The van der Waals surface area contributed by atoms with Gasteiger partial charge in [-0.15, -0.1) is 0 Å². The van der Waals surface area contributed by atoms with Crippen molar-refractivity contribution in [3.05, 3.63) is 105 Å². The summed E-state index contributed by atoms with van der Waals surface area (Å²) >= 11 is 3.21. The Morgan fingerprint density at radius 2 is 1.27 bits per heavy atom. The molecule has 1 unspecified atom stereocenters. The van der Waals surface area contributed by atoms with Gasteiger partial charge in [-0.25, -0.2) is 0 Å². The van der Waals surface area contributed by atoms with E-state index in [0.717, 1.165) is 0 Å². The number of nitrogens with one attached hydrogen (secondary N) is 1. The number of ketones is 2. The molecule has 41 heavy (non-hydrogen) atoms. The first-order valence-corrected chi connectivity index (χ1v) is 12.6. The smallest absolute Gasteiger partial charge is 0.416 e. The summed E-state index contributed by atoms with van der Waals surface area (Å²) in [5, 5.41) is 11.1. The number of carboxylic acids is 1. The minimum Gasteiger partial charge on any atom is -0.481 e. The van der Waals surface area contributed by atoms with Crippen LogP contribution >= 0.6 is 15.9 Å². The SMILES string of the molecule is O=C(O)CCNC(=O)c1ccc(C(CC(=O)c2ccc(Br)cc2)C(=O)c2cc(C(F)(F)F)cc(C(F)(F)F)c2)cc1. The Morgan fingerprint density at radius 3 is 1.76 bits per heavy atom. The molecule has 0 saturated heterocycles. The van der Waals surface area contributed by atoms with Gasteiger partial charge in [0.2, 0.25) is 0 Å². The number of hydrogen-bond donors (Lipinski definition) is 2. The Bertz CT molecular complexity index is 1420. The third-order valence-corrected chi connectivity index (χ3v) is 6.47. The predicted molar refractivity (Wildman–Crippen MR) is 138 cm³/mol. The molecule has 3 aromatic rings. The lowest BCUT2D eigenvalue weighted by molar-refractivity contribution is -0.143. The molecule has 216 valence electrons. The van der Waals surface area contributed by atoms with Gasteiger partial charge in [0.1, 0.15) is 0 Å². The van der Waals surface area contributed by atoms with Crippen LogP contribution in [0.5, 0.6) is 0 Å². The highest BCUT2D eigenvalue weighted by Crippen LogP contribution is 2.38. The van der Waals surface area contributed by atoms with Gasteiger partial charge in [-0.1, -0.05) is 40.2 Å². The van der Waals surface area contributed by atoms with E-state index in [1.807, 2.05) is 0 Å². The Kier molecular flexibility index (Phi) is 9.74. The zero-order chi connectivity index (χ0) is 30.5. The molecule has 0 spiro atoms. The Hall–Kier alpha value is -4.00. The topological polar surface area (TPSA) is 101 Å². The minimum absolute atomic E-state index is 0.0444. The number of carboxylic acid groups (broad SMARTS) is 1. The highest BCUT2D eigenvalue weighted by Gasteiger charge is 2.38. The maximum Gasteiger partial charge on any atom is 0.416 e. The fourth-order valence-electron chi connectivity index (χ4n) is 3.85. The van der Waals surface area contributed by atoms with E-state index in [1.165, 1.54) is 36.4 Å². The number of hydrogen-bond acceptors (Lipinski definition) is 4. The number of benzene rings is 3. The van der Waals surface area contributed by atoms with E-state index in [0.29, 0.717) is 16.6 Å². The zero-order valence-corrected chi connectivity index (χ0v) is 22.4. The predicted octanol–water partition coefficient (Wildman–Crippen LogP) is 6.93. The molecule has 0 bridgehead atoms. The molecule has 3 rings (SSSR count). The second kappa shape index (κ2) is 12.7. The molecule has 0 heterocycles. The fourth-order valence-corrected chi connectivity index (χ4v) is 4.12. The maximum absolute atomic E-state index is 13.5. The third-order valence-electron chi connectivity index (χ3n) is 5.94. The second-order valence-electron chi connectivity index (χ2n) is 8.87. The normalized spacial score (nSPS) is 12.5. The van der Waals surface area contributed by atoms with Crippen LogP contribution in [0.4, 0.5) is 26.3 Å². The van der Waals surface area contributed by atoms with Crippen LogP contribution in [0.25, 0.3) is 0 Å². The molecular weight excluding hydrogens is 624 g/mol. The fraction of sp³-hybridized carbons (Fsp3) is 0.214. The van der Waals surface area contributed by atoms with E-state index < -0.39 is 64.8 Å². The van der Waals surface area contributed by atoms with Gasteiger partial charge in [0.25, 0.3) is 5.91 Å². The zero-order valence-electron chi connectivity index (χ0n) is 20.8.